The number of aromatic nitrogens is 2. The van der Waals surface area contributed by atoms with Crippen molar-refractivity contribution in [2.24, 2.45) is 5.92 Å². The second kappa shape index (κ2) is 6.97. The first-order chi connectivity index (χ1) is 10.7. The maximum atomic E-state index is 12.4. The van der Waals surface area contributed by atoms with E-state index >= 15 is 0 Å². The average Bonchev–Trinajstić information content (AvgIpc) is 2.89. The van der Waals surface area contributed by atoms with Gasteiger partial charge in [0.15, 0.2) is 0 Å². The highest BCUT2D eigenvalue weighted by Gasteiger charge is 2.20. The Morgan fingerprint density at radius 3 is 2.64 bits per heavy atom. The van der Waals surface area contributed by atoms with Crippen molar-refractivity contribution in [3.05, 3.63) is 41.9 Å². The molecule has 116 valence electrons. The molecule has 0 radical (unpaired) electrons. The third kappa shape index (κ3) is 3.50. The standard InChI is InChI=1S/C17H20ClN3O/c18-15-11-14(7-8-16(15)21-10-9-19-12-21)20-17(22)13-5-3-1-2-4-6-13/h7-13H,1-6H2,(H,20,22). The molecule has 1 fully saturated rings. The minimum Gasteiger partial charge on any atom is -0.326 e. The number of nitrogens with one attached hydrogen (secondary N) is 1. The van der Waals surface area contributed by atoms with E-state index in [1.165, 1.54) is 12.8 Å². The first kappa shape index (κ1) is 15.1. The molecular weight excluding hydrogens is 298 g/mol. The molecule has 1 amide bonds. The fourth-order valence-corrected chi connectivity index (χ4v) is 3.26. The molecule has 2 aromatic rings. The predicted octanol–water partition coefficient (Wildman–Crippen LogP) is 4.43. The van der Waals surface area contributed by atoms with E-state index < -0.39 is 0 Å². The lowest BCUT2D eigenvalue weighted by Gasteiger charge is -2.15. The van der Waals surface area contributed by atoms with Crippen LogP contribution in [-0.4, -0.2) is 15.5 Å². The van der Waals surface area contributed by atoms with Crippen LogP contribution >= 0.6 is 11.6 Å². The van der Waals surface area contributed by atoms with Gasteiger partial charge >= 0.3 is 0 Å². The van der Waals surface area contributed by atoms with Crippen LogP contribution in [0.5, 0.6) is 0 Å². The van der Waals surface area contributed by atoms with E-state index in [9.17, 15) is 4.79 Å². The summed E-state index contributed by atoms with van der Waals surface area (Å²) in [6, 6.07) is 5.58. The van der Waals surface area contributed by atoms with Gasteiger partial charge in [-0.25, -0.2) is 4.98 Å². The van der Waals surface area contributed by atoms with Gasteiger partial charge in [0, 0.05) is 24.0 Å². The Balaban J connectivity index is 1.70. The summed E-state index contributed by atoms with van der Waals surface area (Å²) < 4.78 is 1.85. The van der Waals surface area contributed by atoms with Gasteiger partial charge in [-0.1, -0.05) is 37.3 Å². The third-order valence-corrected chi connectivity index (χ3v) is 4.53. The Hall–Kier alpha value is -1.81. The van der Waals surface area contributed by atoms with E-state index in [0.717, 1.165) is 37.1 Å². The highest BCUT2D eigenvalue weighted by molar-refractivity contribution is 6.32. The van der Waals surface area contributed by atoms with Crippen molar-refractivity contribution in [2.75, 3.05) is 5.32 Å². The number of nitrogens with zero attached hydrogens (tertiary/aromatic N) is 2. The molecule has 1 aliphatic carbocycles. The molecule has 0 bridgehead atoms. The molecule has 0 unspecified atom stereocenters. The molecule has 5 heteroatoms. The zero-order valence-corrected chi connectivity index (χ0v) is 13.2. The minimum atomic E-state index is 0.119. The van der Waals surface area contributed by atoms with Crippen LogP contribution in [-0.2, 0) is 4.79 Å². The maximum Gasteiger partial charge on any atom is 0.227 e. The largest absolute Gasteiger partial charge is 0.326 e. The summed E-state index contributed by atoms with van der Waals surface area (Å²) in [6.45, 7) is 0. The van der Waals surface area contributed by atoms with Crippen LogP contribution in [0.2, 0.25) is 5.02 Å². The Bertz CT molecular complexity index is 631. The molecule has 0 spiro atoms. The number of carbonyl (C=O) groups is 1. The number of rotatable bonds is 3. The molecule has 22 heavy (non-hydrogen) atoms. The average molecular weight is 318 g/mol. The lowest BCUT2D eigenvalue weighted by atomic mass is 9.99. The van der Waals surface area contributed by atoms with Gasteiger partial charge in [0.05, 0.1) is 17.0 Å². The number of hydrogen-bond acceptors (Lipinski definition) is 2. The van der Waals surface area contributed by atoms with E-state index in [0.29, 0.717) is 5.02 Å². The maximum absolute atomic E-state index is 12.4. The second-order valence-electron chi connectivity index (χ2n) is 5.81. The third-order valence-electron chi connectivity index (χ3n) is 4.22. The van der Waals surface area contributed by atoms with Crippen molar-refractivity contribution in [1.82, 2.24) is 9.55 Å². The number of benzene rings is 1. The Kier molecular flexibility index (Phi) is 4.78. The summed E-state index contributed by atoms with van der Waals surface area (Å²) in [7, 11) is 0. The summed E-state index contributed by atoms with van der Waals surface area (Å²) in [4.78, 5) is 16.4. The molecule has 1 heterocycles. The lowest BCUT2D eigenvalue weighted by Crippen LogP contribution is -2.22. The van der Waals surface area contributed by atoms with Crippen molar-refractivity contribution >= 4 is 23.2 Å². The van der Waals surface area contributed by atoms with Gasteiger partial charge in [-0.15, -0.1) is 0 Å². The van der Waals surface area contributed by atoms with Gasteiger partial charge in [-0.05, 0) is 31.0 Å². The van der Waals surface area contributed by atoms with Gasteiger partial charge in [0.1, 0.15) is 0 Å². The molecule has 3 rings (SSSR count). The predicted molar refractivity (Wildman–Crippen MR) is 88.4 cm³/mol. The summed E-state index contributed by atoms with van der Waals surface area (Å²) in [5, 5.41) is 3.60. The Morgan fingerprint density at radius 1 is 1.23 bits per heavy atom. The number of anilines is 1. The molecule has 1 aromatic heterocycles. The minimum absolute atomic E-state index is 0.119. The van der Waals surface area contributed by atoms with Crippen molar-refractivity contribution in [3.63, 3.8) is 0 Å². The number of hydrogen-bond donors (Lipinski definition) is 1. The quantitative estimate of drug-likeness (QED) is 0.851. The van der Waals surface area contributed by atoms with Gasteiger partial charge in [0.2, 0.25) is 5.91 Å². The van der Waals surface area contributed by atoms with Crippen LogP contribution in [0.4, 0.5) is 5.69 Å². The topological polar surface area (TPSA) is 46.9 Å². The van der Waals surface area contributed by atoms with E-state index in [1.807, 2.05) is 22.9 Å². The highest BCUT2D eigenvalue weighted by atomic mass is 35.5. The number of carbonyl (C=O) groups excluding carboxylic acids is 1. The van der Waals surface area contributed by atoms with Crippen LogP contribution in [0.15, 0.2) is 36.9 Å². The zero-order valence-electron chi connectivity index (χ0n) is 12.5. The smallest absolute Gasteiger partial charge is 0.227 e. The normalized spacial score (nSPS) is 16.2. The van der Waals surface area contributed by atoms with Crippen molar-refractivity contribution < 1.29 is 4.79 Å². The Morgan fingerprint density at radius 2 is 2.00 bits per heavy atom. The summed E-state index contributed by atoms with van der Waals surface area (Å²) >= 11 is 6.32. The van der Waals surface area contributed by atoms with Crippen molar-refractivity contribution in [1.29, 1.82) is 0 Å². The fraction of sp³-hybridized carbons (Fsp3) is 0.412. The van der Waals surface area contributed by atoms with E-state index in [1.54, 1.807) is 18.6 Å². The molecule has 1 aliphatic rings. The fourth-order valence-electron chi connectivity index (χ4n) is 2.98. The van der Waals surface area contributed by atoms with Gasteiger partial charge in [-0.3, -0.25) is 4.79 Å². The summed E-state index contributed by atoms with van der Waals surface area (Å²) in [5.41, 5.74) is 1.61. The second-order valence-corrected chi connectivity index (χ2v) is 6.22. The number of halogens is 1. The number of imidazole rings is 1. The molecule has 0 atom stereocenters. The Labute approximate surface area is 135 Å². The molecule has 0 saturated heterocycles. The molecule has 4 nitrogen and oxygen atoms in total. The van der Waals surface area contributed by atoms with Crippen LogP contribution in [0.25, 0.3) is 5.69 Å². The van der Waals surface area contributed by atoms with E-state index in [-0.39, 0.29) is 11.8 Å². The van der Waals surface area contributed by atoms with Crippen LogP contribution in [0, 0.1) is 5.92 Å². The van der Waals surface area contributed by atoms with E-state index in [4.69, 9.17) is 11.6 Å². The van der Waals surface area contributed by atoms with Crippen molar-refractivity contribution in [3.8, 4) is 5.69 Å². The molecule has 0 aliphatic heterocycles. The molecule has 1 N–H and O–H groups in total. The first-order valence-corrected chi connectivity index (χ1v) is 8.20. The zero-order chi connectivity index (χ0) is 15.4. The number of amides is 1. The highest BCUT2D eigenvalue weighted by Crippen LogP contribution is 2.27. The molecular formula is C17H20ClN3O. The molecule has 1 aromatic carbocycles. The van der Waals surface area contributed by atoms with Crippen LogP contribution < -0.4 is 5.32 Å². The summed E-state index contributed by atoms with van der Waals surface area (Å²) in [5.74, 6) is 0.253. The van der Waals surface area contributed by atoms with Crippen LogP contribution in [0.3, 0.4) is 0 Å². The lowest BCUT2D eigenvalue weighted by molar-refractivity contribution is -0.120. The molecule has 1 saturated carbocycles. The van der Waals surface area contributed by atoms with Gasteiger partial charge < -0.3 is 9.88 Å². The van der Waals surface area contributed by atoms with Gasteiger partial charge in [0.25, 0.3) is 0 Å². The van der Waals surface area contributed by atoms with Crippen molar-refractivity contribution in [2.45, 2.75) is 38.5 Å². The van der Waals surface area contributed by atoms with Crippen LogP contribution in [0.1, 0.15) is 38.5 Å². The van der Waals surface area contributed by atoms with Gasteiger partial charge in [-0.2, -0.15) is 0 Å². The first-order valence-electron chi connectivity index (χ1n) is 7.83. The monoisotopic (exact) mass is 317 g/mol. The summed E-state index contributed by atoms with van der Waals surface area (Å²) in [6.07, 6.45) is 12.0. The van der Waals surface area contributed by atoms with E-state index in [2.05, 4.69) is 10.3 Å². The SMILES string of the molecule is O=C(Nc1ccc(-n2ccnc2)c(Cl)c1)C1CCCCCC1.